The molecule has 0 aliphatic heterocycles. The highest BCUT2D eigenvalue weighted by Gasteiger charge is 2.21. The minimum atomic E-state index is -3.59. The minimum Gasteiger partial charge on any atom is -0.325 e. The maximum absolute atomic E-state index is 13.2. The van der Waals surface area contributed by atoms with Gasteiger partial charge in [0.05, 0.1) is 21.5 Å². The summed E-state index contributed by atoms with van der Waals surface area (Å²) < 4.78 is 26.7. The Morgan fingerprint density at radius 2 is 1.70 bits per heavy atom. The Hall–Kier alpha value is -3.87. The van der Waals surface area contributed by atoms with Crippen molar-refractivity contribution in [2.75, 3.05) is 24.7 Å². The maximum atomic E-state index is 13.2. The molecule has 0 aliphatic carbocycles. The molecule has 2 amide bonds. The van der Waals surface area contributed by atoms with Crippen molar-refractivity contribution in [3.63, 3.8) is 0 Å². The largest absolute Gasteiger partial charge is 0.325 e. The number of nitrogens with zero attached hydrogens (tertiary/aromatic N) is 3. The molecule has 2 N–H and O–H groups in total. The molecule has 0 radical (unpaired) electrons. The number of nitrogens with one attached hydrogen (secondary N) is 2. The summed E-state index contributed by atoms with van der Waals surface area (Å²) in [4.78, 5) is 43.8. The fourth-order valence-electron chi connectivity index (χ4n) is 3.66. The van der Waals surface area contributed by atoms with Crippen LogP contribution in [-0.4, -0.2) is 48.2 Å². The number of fused-ring (bicyclic) bond motifs is 1. The summed E-state index contributed by atoms with van der Waals surface area (Å²) in [5, 5.41) is 5.81. The zero-order valence-corrected chi connectivity index (χ0v) is 22.2. The number of carbonyl (C=O) groups excluding carboxylic acids is 2. The Morgan fingerprint density at radius 1 is 1.03 bits per heavy atom. The number of amides is 2. The van der Waals surface area contributed by atoms with Crippen molar-refractivity contribution in [1.82, 2.24) is 13.9 Å². The second-order valence-corrected chi connectivity index (χ2v) is 11.7. The van der Waals surface area contributed by atoms with E-state index >= 15 is 0 Å². The lowest BCUT2D eigenvalue weighted by Gasteiger charge is -2.12. The zero-order chi connectivity index (χ0) is 26.9. The molecule has 10 nitrogen and oxygen atoms in total. The van der Waals surface area contributed by atoms with Crippen molar-refractivity contribution in [2.45, 2.75) is 25.3 Å². The predicted octanol–water partition coefficient (Wildman–Crippen LogP) is 3.22. The van der Waals surface area contributed by atoms with Gasteiger partial charge in [0, 0.05) is 25.5 Å². The first-order valence-electron chi connectivity index (χ1n) is 11.2. The molecule has 0 spiro atoms. The number of para-hydroxylation sites is 1. The van der Waals surface area contributed by atoms with Crippen LogP contribution in [0.15, 0.2) is 64.5 Å². The van der Waals surface area contributed by atoms with E-state index in [1.165, 1.54) is 49.3 Å². The van der Waals surface area contributed by atoms with Crippen molar-refractivity contribution in [3.05, 3.63) is 81.2 Å². The lowest BCUT2D eigenvalue weighted by atomic mass is 10.2. The van der Waals surface area contributed by atoms with Crippen molar-refractivity contribution in [1.29, 1.82) is 0 Å². The van der Waals surface area contributed by atoms with E-state index in [0.717, 1.165) is 21.2 Å². The maximum Gasteiger partial charge on any atom is 0.266 e. The van der Waals surface area contributed by atoms with Crippen LogP contribution >= 0.6 is 11.3 Å². The number of benzene rings is 2. The average molecular weight is 540 g/mol. The predicted molar refractivity (Wildman–Crippen MR) is 144 cm³/mol. The number of thiophene rings is 1. The molecule has 0 fully saturated rings. The monoisotopic (exact) mass is 539 g/mol. The smallest absolute Gasteiger partial charge is 0.266 e. The van der Waals surface area contributed by atoms with Gasteiger partial charge in [-0.2, -0.15) is 0 Å². The number of sulfonamides is 1. The number of aryl methyl sites for hydroxylation is 2. The van der Waals surface area contributed by atoms with Gasteiger partial charge in [0.25, 0.3) is 11.5 Å². The highest BCUT2D eigenvalue weighted by Crippen LogP contribution is 2.28. The molecule has 37 heavy (non-hydrogen) atoms. The first-order chi connectivity index (χ1) is 17.5. The third kappa shape index (κ3) is 5.31. The van der Waals surface area contributed by atoms with Crippen molar-refractivity contribution in [3.8, 4) is 0 Å². The van der Waals surface area contributed by atoms with Gasteiger partial charge in [-0.1, -0.05) is 18.2 Å². The van der Waals surface area contributed by atoms with Gasteiger partial charge in [-0.3, -0.25) is 19.0 Å². The number of carbonyl (C=O) groups is 2. The molecule has 0 bridgehead atoms. The summed E-state index contributed by atoms with van der Waals surface area (Å²) in [5.74, 6) is -0.824. The van der Waals surface area contributed by atoms with Crippen LogP contribution in [0.1, 0.15) is 20.8 Å². The van der Waals surface area contributed by atoms with E-state index in [0.29, 0.717) is 26.6 Å². The van der Waals surface area contributed by atoms with Gasteiger partial charge in [0.1, 0.15) is 11.4 Å². The van der Waals surface area contributed by atoms with Crippen molar-refractivity contribution < 1.29 is 18.0 Å². The molecule has 2 aromatic heterocycles. The average Bonchev–Trinajstić information content (AvgIpc) is 3.19. The van der Waals surface area contributed by atoms with Crippen LogP contribution in [0.25, 0.3) is 10.2 Å². The van der Waals surface area contributed by atoms with E-state index < -0.39 is 21.5 Å². The fraction of sp³-hybridized carbons (Fsp3) is 0.200. The topological polar surface area (TPSA) is 130 Å². The van der Waals surface area contributed by atoms with Crippen molar-refractivity contribution in [2.24, 2.45) is 0 Å². The van der Waals surface area contributed by atoms with E-state index in [-0.39, 0.29) is 22.7 Å². The van der Waals surface area contributed by atoms with E-state index in [1.807, 2.05) is 25.1 Å². The second kappa shape index (κ2) is 10.2. The number of aromatic nitrogens is 2. The quantitative estimate of drug-likeness (QED) is 0.371. The Morgan fingerprint density at radius 3 is 2.35 bits per heavy atom. The third-order valence-electron chi connectivity index (χ3n) is 5.75. The molecule has 2 aromatic carbocycles. The molecule has 0 atom stereocenters. The van der Waals surface area contributed by atoms with E-state index in [4.69, 9.17) is 0 Å². The standard InChI is InChI=1S/C25H25N5O5S2/c1-15-7-5-6-8-19(15)28-23(32)22-16(2)21-24(36-22)26-14-30(25(21)33)13-20(31)27-17-9-11-18(12-10-17)37(34,35)29(3)4/h5-12,14H,13H2,1-4H3,(H,27,31)(H,28,32). The van der Waals surface area contributed by atoms with Crippen molar-refractivity contribution >= 4 is 54.8 Å². The second-order valence-electron chi connectivity index (χ2n) is 8.54. The first-order valence-corrected chi connectivity index (χ1v) is 13.4. The van der Waals surface area contributed by atoms with Gasteiger partial charge in [0.2, 0.25) is 15.9 Å². The lowest BCUT2D eigenvalue weighted by molar-refractivity contribution is -0.116. The Balaban J connectivity index is 1.53. The third-order valence-corrected chi connectivity index (χ3v) is 8.78. The van der Waals surface area contributed by atoms with Crippen LogP contribution in [0.4, 0.5) is 11.4 Å². The van der Waals surface area contributed by atoms with Crippen LogP contribution in [0.5, 0.6) is 0 Å². The number of hydrogen-bond donors (Lipinski definition) is 2. The van der Waals surface area contributed by atoms with Gasteiger partial charge in [-0.15, -0.1) is 11.3 Å². The van der Waals surface area contributed by atoms with Crippen LogP contribution in [0, 0.1) is 13.8 Å². The van der Waals surface area contributed by atoms with E-state index in [2.05, 4.69) is 15.6 Å². The lowest BCUT2D eigenvalue weighted by Crippen LogP contribution is -2.28. The number of rotatable bonds is 7. The minimum absolute atomic E-state index is 0.0940. The molecule has 0 aliphatic rings. The van der Waals surface area contributed by atoms with E-state index in [1.54, 1.807) is 13.0 Å². The number of anilines is 2. The molecule has 12 heteroatoms. The van der Waals surface area contributed by atoms with Gasteiger partial charge in [-0.05, 0) is 55.3 Å². The van der Waals surface area contributed by atoms with Crippen LogP contribution < -0.4 is 16.2 Å². The Bertz CT molecular complexity index is 1670. The highest BCUT2D eigenvalue weighted by atomic mass is 32.2. The fourth-order valence-corrected chi connectivity index (χ4v) is 5.59. The van der Waals surface area contributed by atoms with Gasteiger partial charge >= 0.3 is 0 Å². The van der Waals surface area contributed by atoms with Gasteiger partial charge < -0.3 is 10.6 Å². The van der Waals surface area contributed by atoms with Crippen LogP contribution in [0.2, 0.25) is 0 Å². The molecule has 4 aromatic rings. The highest BCUT2D eigenvalue weighted by molar-refractivity contribution is 7.89. The summed E-state index contributed by atoms with van der Waals surface area (Å²) in [6.45, 7) is 3.26. The van der Waals surface area contributed by atoms with Gasteiger partial charge in [-0.25, -0.2) is 17.7 Å². The Labute approximate surface area is 217 Å². The molecular formula is C25H25N5O5S2. The SMILES string of the molecule is Cc1ccccc1NC(=O)c1sc2ncn(CC(=O)Nc3ccc(S(=O)(=O)N(C)C)cc3)c(=O)c2c1C. The molecule has 192 valence electrons. The normalized spacial score (nSPS) is 11.6. The molecule has 4 rings (SSSR count). The Kier molecular flexibility index (Phi) is 7.25. The molecule has 0 unspecified atom stereocenters. The molecular weight excluding hydrogens is 514 g/mol. The first kappa shape index (κ1) is 26.2. The number of hydrogen-bond acceptors (Lipinski definition) is 7. The molecule has 0 saturated carbocycles. The molecule has 2 heterocycles. The van der Waals surface area contributed by atoms with E-state index in [9.17, 15) is 22.8 Å². The summed E-state index contributed by atoms with van der Waals surface area (Å²) in [6.07, 6.45) is 1.27. The summed E-state index contributed by atoms with van der Waals surface area (Å²) in [6, 6.07) is 13.1. The summed E-state index contributed by atoms with van der Waals surface area (Å²) >= 11 is 1.12. The summed E-state index contributed by atoms with van der Waals surface area (Å²) in [7, 11) is -0.720. The summed E-state index contributed by atoms with van der Waals surface area (Å²) in [5.41, 5.74) is 2.03. The van der Waals surface area contributed by atoms with Crippen LogP contribution in [-0.2, 0) is 21.4 Å². The zero-order valence-electron chi connectivity index (χ0n) is 20.6. The van der Waals surface area contributed by atoms with Gasteiger partial charge in [0.15, 0.2) is 0 Å². The molecule has 0 saturated heterocycles. The van der Waals surface area contributed by atoms with Crippen LogP contribution in [0.3, 0.4) is 0 Å².